The number of benzene rings is 2. The fourth-order valence-corrected chi connectivity index (χ4v) is 3.93. The predicted octanol–water partition coefficient (Wildman–Crippen LogP) is 3.94. The van der Waals surface area contributed by atoms with E-state index in [1.165, 1.54) is 18.2 Å². The molecule has 0 spiro atoms. The smallest absolute Gasteiger partial charge is 0.258 e. The van der Waals surface area contributed by atoms with E-state index in [4.69, 9.17) is 27.9 Å². The van der Waals surface area contributed by atoms with E-state index in [1.54, 1.807) is 12.1 Å². The van der Waals surface area contributed by atoms with E-state index in [2.05, 4.69) is 10.0 Å². The fraction of sp³-hybridized carbons (Fsp3) is 0.316. The van der Waals surface area contributed by atoms with Crippen LogP contribution < -0.4 is 14.8 Å². The van der Waals surface area contributed by atoms with E-state index in [0.29, 0.717) is 18.0 Å². The second kappa shape index (κ2) is 10.1. The Labute approximate surface area is 175 Å². The molecule has 0 heterocycles. The summed E-state index contributed by atoms with van der Waals surface area (Å²) in [7, 11) is -3.62. The maximum Gasteiger partial charge on any atom is 0.258 e. The highest BCUT2D eigenvalue weighted by Gasteiger charge is 2.16. The van der Waals surface area contributed by atoms with Crippen LogP contribution >= 0.6 is 23.2 Å². The fourth-order valence-electron chi connectivity index (χ4n) is 2.35. The molecule has 0 radical (unpaired) electrons. The third-order valence-corrected chi connectivity index (χ3v) is 5.87. The van der Waals surface area contributed by atoms with Gasteiger partial charge in [0.05, 0.1) is 16.0 Å². The Hall–Kier alpha value is -1.80. The first-order valence-electron chi connectivity index (χ1n) is 8.69. The second-order valence-corrected chi connectivity index (χ2v) is 8.73. The molecule has 0 unspecified atom stereocenters. The molecule has 2 aromatic carbocycles. The number of nitrogens with one attached hydrogen (secondary N) is 2. The van der Waals surface area contributed by atoms with Crippen molar-refractivity contribution in [3.05, 3.63) is 58.1 Å². The van der Waals surface area contributed by atoms with Gasteiger partial charge in [0, 0.05) is 11.6 Å². The molecule has 0 aliphatic rings. The number of ether oxygens (including phenoxy) is 1. The van der Waals surface area contributed by atoms with Gasteiger partial charge < -0.3 is 10.1 Å². The van der Waals surface area contributed by atoms with E-state index in [-0.39, 0.29) is 34.2 Å². The van der Waals surface area contributed by atoms with Gasteiger partial charge in [-0.05, 0) is 49.2 Å². The monoisotopic (exact) mass is 444 g/mol. The third kappa shape index (κ3) is 6.38. The van der Waals surface area contributed by atoms with Gasteiger partial charge in [-0.25, -0.2) is 13.1 Å². The van der Waals surface area contributed by atoms with Crippen molar-refractivity contribution in [3.8, 4) is 5.75 Å². The summed E-state index contributed by atoms with van der Waals surface area (Å²) in [5, 5.41) is 3.54. The molecule has 6 nitrogen and oxygen atoms in total. The first-order chi connectivity index (χ1) is 13.2. The van der Waals surface area contributed by atoms with Crippen LogP contribution in [0.25, 0.3) is 0 Å². The summed E-state index contributed by atoms with van der Waals surface area (Å²) in [5.74, 6) is -0.106. The molecule has 152 valence electrons. The minimum atomic E-state index is -3.62. The lowest BCUT2D eigenvalue weighted by Gasteiger charge is -2.15. The molecule has 1 atom stereocenters. The van der Waals surface area contributed by atoms with Gasteiger partial charge >= 0.3 is 0 Å². The lowest BCUT2D eigenvalue weighted by atomic mass is 10.1. The van der Waals surface area contributed by atoms with Crippen molar-refractivity contribution in [3.63, 3.8) is 0 Å². The minimum Gasteiger partial charge on any atom is -0.482 e. The summed E-state index contributed by atoms with van der Waals surface area (Å²) < 4.78 is 32.1. The van der Waals surface area contributed by atoms with Crippen molar-refractivity contribution in [1.29, 1.82) is 0 Å². The first-order valence-corrected chi connectivity index (χ1v) is 10.9. The van der Waals surface area contributed by atoms with Crippen LogP contribution in [0.1, 0.15) is 31.9 Å². The number of carbonyl (C=O) groups excluding carboxylic acids is 1. The standard InChI is InChI=1S/C19H22Cl2N2O4S/c1-3-10-22-28(25,26)16-8-9-18(17(21)11-16)27-12-19(24)23-13(2)14-4-6-15(20)7-5-14/h4-9,11,13,22H,3,10,12H2,1-2H3,(H,23,24)/t13-/m0/s1. The zero-order valence-corrected chi connectivity index (χ0v) is 17.9. The molecule has 0 aliphatic carbocycles. The van der Waals surface area contributed by atoms with Crippen LogP contribution in [0.3, 0.4) is 0 Å². The number of hydrogen-bond donors (Lipinski definition) is 2. The number of carbonyl (C=O) groups is 1. The van der Waals surface area contributed by atoms with Crippen LogP contribution in [0, 0.1) is 0 Å². The van der Waals surface area contributed by atoms with E-state index in [0.717, 1.165) is 5.56 Å². The second-order valence-electron chi connectivity index (χ2n) is 6.12. The summed E-state index contributed by atoms with van der Waals surface area (Å²) in [6.07, 6.45) is 0.678. The largest absolute Gasteiger partial charge is 0.482 e. The number of amides is 1. The van der Waals surface area contributed by atoms with Crippen LogP contribution in [0.5, 0.6) is 5.75 Å². The van der Waals surface area contributed by atoms with Gasteiger partial charge in [-0.1, -0.05) is 42.3 Å². The molecular weight excluding hydrogens is 423 g/mol. The van der Waals surface area contributed by atoms with Gasteiger partial charge in [0.1, 0.15) is 5.75 Å². The summed E-state index contributed by atoms with van der Waals surface area (Å²) in [6, 6.07) is 11.0. The van der Waals surface area contributed by atoms with Crippen LogP contribution in [0.15, 0.2) is 47.4 Å². The normalized spacial score (nSPS) is 12.4. The van der Waals surface area contributed by atoms with Gasteiger partial charge in [-0.15, -0.1) is 0 Å². The third-order valence-electron chi connectivity index (χ3n) is 3.86. The molecule has 2 N–H and O–H groups in total. The molecule has 0 fully saturated rings. The first kappa shape index (κ1) is 22.5. The average Bonchev–Trinajstić information content (AvgIpc) is 2.65. The SMILES string of the molecule is CCCNS(=O)(=O)c1ccc(OCC(=O)N[C@@H](C)c2ccc(Cl)cc2)c(Cl)c1. The Balaban J connectivity index is 1.94. The van der Waals surface area contributed by atoms with E-state index in [1.807, 2.05) is 26.0 Å². The van der Waals surface area contributed by atoms with Crippen LogP contribution in [0.4, 0.5) is 0 Å². The molecule has 0 saturated heterocycles. The lowest BCUT2D eigenvalue weighted by molar-refractivity contribution is -0.123. The molecule has 0 bridgehead atoms. The molecular formula is C19H22Cl2N2O4S. The van der Waals surface area contributed by atoms with Crippen molar-refractivity contribution in [2.45, 2.75) is 31.2 Å². The molecule has 0 aliphatic heterocycles. The molecule has 9 heteroatoms. The van der Waals surface area contributed by atoms with Gasteiger partial charge in [0.2, 0.25) is 10.0 Å². The summed E-state index contributed by atoms with van der Waals surface area (Å²) >= 11 is 12.0. The Morgan fingerprint density at radius 3 is 2.43 bits per heavy atom. The van der Waals surface area contributed by atoms with E-state index >= 15 is 0 Å². The highest BCUT2D eigenvalue weighted by molar-refractivity contribution is 7.89. The van der Waals surface area contributed by atoms with E-state index in [9.17, 15) is 13.2 Å². The van der Waals surface area contributed by atoms with Crippen LogP contribution in [-0.4, -0.2) is 27.5 Å². The van der Waals surface area contributed by atoms with Gasteiger partial charge in [-0.2, -0.15) is 0 Å². The summed E-state index contributed by atoms with van der Waals surface area (Å²) in [6.45, 7) is 3.80. The molecule has 0 aromatic heterocycles. The van der Waals surface area contributed by atoms with Crippen molar-refractivity contribution >= 4 is 39.1 Å². The zero-order valence-electron chi connectivity index (χ0n) is 15.5. The van der Waals surface area contributed by atoms with Crippen LogP contribution in [0.2, 0.25) is 10.0 Å². The predicted molar refractivity (Wildman–Crippen MR) is 110 cm³/mol. The Bertz CT molecular complexity index is 918. The Morgan fingerprint density at radius 2 is 1.82 bits per heavy atom. The molecule has 0 saturated carbocycles. The topological polar surface area (TPSA) is 84.5 Å². The number of halogens is 2. The quantitative estimate of drug-likeness (QED) is 0.613. The summed E-state index contributed by atoms with van der Waals surface area (Å²) in [5.41, 5.74) is 0.907. The average molecular weight is 445 g/mol. The Morgan fingerprint density at radius 1 is 1.14 bits per heavy atom. The van der Waals surface area contributed by atoms with Gasteiger partial charge in [0.15, 0.2) is 6.61 Å². The molecule has 1 amide bonds. The maximum atomic E-state index is 12.1. The molecule has 2 rings (SSSR count). The maximum absolute atomic E-state index is 12.1. The van der Waals surface area contributed by atoms with Crippen molar-refractivity contribution < 1.29 is 17.9 Å². The van der Waals surface area contributed by atoms with Gasteiger partial charge in [0.25, 0.3) is 5.91 Å². The number of rotatable bonds is 9. The number of hydrogen-bond acceptors (Lipinski definition) is 4. The van der Waals surface area contributed by atoms with Crippen molar-refractivity contribution in [2.24, 2.45) is 0 Å². The Kier molecular flexibility index (Phi) is 8.12. The zero-order chi connectivity index (χ0) is 20.7. The summed E-state index contributed by atoms with van der Waals surface area (Å²) in [4.78, 5) is 12.2. The van der Waals surface area contributed by atoms with E-state index < -0.39 is 10.0 Å². The van der Waals surface area contributed by atoms with Crippen LogP contribution in [-0.2, 0) is 14.8 Å². The van der Waals surface area contributed by atoms with Crippen molar-refractivity contribution in [1.82, 2.24) is 10.0 Å². The van der Waals surface area contributed by atoms with Crippen molar-refractivity contribution in [2.75, 3.05) is 13.2 Å². The highest BCUT2D eigenvalue weighted by atomic mass is 35.5. The number of sulfonamides is 1. The lowest BCUT2D eigenvalue weighted by Crippen LogP contribution is -2.31. The van der Waals surface area contributed by atoms with Gasteiger partial charge in [-0.3, -0.25) is 4.79 Å². The highest BCUT2D eigenvalue weighted by Crippen LogP contribution is 2.27. The molecule has 28 heavy (non-hydrogen) atoms. The molecule has 2 aromatic rings. The minimum absolute atomic E-state index is 0.0408.